The number of nitrogens with zero attached hydrogens (tertiary/aromatic N) is 1. The first-order valence-corrected chi connectivity index (χ1v) is 10.1. The van der Waals surface area contributed by atoms with Crippen molar-refractivity contribution in [3.63, 3.8) is 0 Å². The topological polar surface area (TPSA) is 61.4 Å². The molecule has 1 aliphatic rings. The number of amides is 2. The zero-order valence-electron chi connectivity index (χ0n) is 15.1. The van der Waals surface area contributed by atoms with Crippen molar-refractivity contribution < 1.29 is 14.0 Å². The van der Waals surface area contributed by atoms with Crippen LogP contribution in [0.25, 0.3) is 0 Å². The van der Waals surface area contributed by atoms with Gasteiger partial charge >= 0.3 is 0 Å². The minimum Gasteiger partial charge on any atom is -0.355 e. The number of hydrogen-bond acceptors (Lipinski definition) is 4. The number of anilines is 1. The van der Waals surface area contributed by atoms with Crippen molar-refractivity contribution in [2.24, 2.45) is 5.92 Å². The molecule has 2 heterocycles. The molecule has 1 aromatic heterocycles. The van der Waals surface area contributed by atoms with Crippen molar-refractivity contribution in [2.45, 2.75) is 19.3 Å². The molecule has 0 aliphatic carbocycles. The van der Waals surface area contributed by atoms with E-state index < -0.39 is 0 Å². The molecule has 0 saturated carbocycles. The quantitative estimate of drug-likeness (QED) is 0.766. The third-order valence-electron chi connectivity index (χ3n) is 4.70. The summed E-state index contributed by atoms with van der Waals surface area (Å²) in [6, 6.07) is 9.81. The molecule has 2 amide bonds. The Labute approximate surface area is 162 Å². The summed E-state index contributed by atoms with van der Waals surface area (Å²) in [6.07, 6.45) is 2.38. The van der Waals surface area contributed by atoms with Gasteiger partial charge in [-0.15, -0.1) is 11.3 Å². The summed E-state index contributed by atoms with van der Waals surface area (Å²) in [5, 5.41) is 7.83. The highest BCUT2D eigenvalue weighted by molar-refractivity contribution is 7.09. The minimum absolute atomic E-state index is 0.0183. The van der Waals surface area contributed by atoms with Crippen LogP contribution in [0.15, 0.2) is 41.8 Å². The third-order valence-corrected chi connectivity index (χ3v) is 5.64. The van der Waals surface area contributed by atoms with Gasteiger partial charge in [0.05, 0.1) is 6.54 Å². The van der Waals surface area contributed by atoms with E-state index in [2.05, 4.69) is 16.7 Å². The van der Waals surface area contributed by atoms with E-state index in [1.54, 1.807) is 23.5 Å². The first kappa shape index (κ1) is 19.5. The van der Waals surface area contributed by atoms with E-state index in [1.165, 1.54) is 17.0 Å². The van der Waals surface area contributed by atoms with E-state index >= 15 is 0 Å². The molecule has 0 radical (unpaired) electrons. The Bertz CT molecular complexity index is 741. The van der Waals surface area contributed by atoms with Crippen LogP contribution in [0.2, 0.25) is 0 Å². The number of halogens is 1. The van der Waals surface area contributed by atoms with Gasteiger partial charge in [-0.3, -0.25) is 14.5 Å². The summed E-state index contributed by atoms with van der Waals surface area (Å²) in [6.45, 7) is 2.39. The third kappa shape index (κ3) is 6.15. The predicted octanol–water partition coefficient (Wildman–Crippen LogP) is 2.90. The van der Waals surface area contributed by atoms with Gasteiger partial charge in [0.15, 0.2) is 0 Å². The van der Waals surface area contributed by atoms with Crippen LogP contribution >= 0.6 is 11.3 Å². The average Bonchev–Trinajstić information content (AvgIpc) is 3.17. The SMILES string of the molecule is O=C(CN1CCC(C(=O)NCCc2cccs2)CC1)Nc1ccc(F)cc1. The molecule has 3 rings (SSSR count). The monoisotopic (exact) mass is 389 g/mol. The molecule has 7 heteroatoms. The normalized spacial score (nSPS) is 15.4. The number of likely N-dealkylation sites (tertiary alicyclic amines) is 1. The van der Waals surface area contributed by atoms with Gasteiger partial charge in [-0.1, -0.05) is 6.07 Å². The second-order valence-electron chi connectivity index (χ2n) is 6.73. The molecule has 1 aromatic carbocycles. The van der Waals surface area contributed by atoms with Crippen molar-refractivity contribution >= 4 is 28.8 Å². The van der Waals surface area contributed by atoms with E-state index in [0.29, 0.717) is 12.2 Å². The van der Waals surface area contributed by atoms with Crippen molar-refractivity contribution in [3.8, 4) is 0 Å². The summed E-state index contributed by atoms with van der Waals surface area (Å²) >= 11 is 1.70. The van der Waals surface area contributed by atoms with Crippen LogP contribution in [0.4, 0.5) is 10.1 Å². The van der Waals surface area contributed by atoms with Gasteiger partial charge in [-0.05, 0) is 68.1 Å². The molecule has 27 heavy (non-hydrogen) atoms. The fourth-order valence-corrected chi connectivity index (χ4v) is 3.91. The molecule has 144 valence electrons. The van der Waals surface area contributed by atoms with Crippen LogP contribution in [0, 0.1) is 11.7 Å². The van der Waals surface area contributed by atoms with E-state index in [9.17, 15) is 14.0 Å². The predicted molar refractivity (Wildman–Crippen MR) is 105 cm³/mol. The molecule has 0 spiro atoms. The average molecular weight is 389 g/mol. The van der Waals surface area contributed by atoms with Crippen molar-refractivity contribution in [3.05, 3.63) is 52.5 Å². The zero-order chi connectivity index (χ0) is 19.1. The maximum Gasteiger partial charge on any atom is 0.238 e. The van der Waals surface area contributed by atoms with Gasteiger partial charge in [0.25, 0.3) is 0 Å². The lowest BCUT2D eigenvalue weighted by molar-refractivity contribution is -0.126. The lowest BCUT2D eigenvalue weighted by Crippen LogP contribution is -2.43. The second kappa shape index (κ2) is 9.62. The van der Waals surface area contributed by atoms with Gasteiger partial charge in [0.2, 0.25) is 11.8 Å². The van der Waals surface area contributed by atoms with Gasteiger partial charge in [-0.25, -0.2) is 4.39 Å². The maximum absolute atomic E-state index is 12.9. The standard InChI is InChI=1S/C20H24FN3O2S/c21-16-3-5-17(6-4-16)23-19(25)14-24-11-8-15(9-12-24)20(26)22-10-7-18-2-1-13-27-18/h1-6,13,15H,7-12,14H2,(H,22,26)(H,23,25). The molecule has 1 fully saturated rings. The smallest absolute Gasteiger partial charge is 0.238 e. The van der Waals surface area contributed by atoms with E-state index in [4.69, 9.17) is 0 Å². The van der Waals surface area contributed by atoms with Gasteiger partial charge < -0.3 is 10.6 Å². The summed E-state index contributed by atoms with van der Waals surface area (Å²) in [5.41, 5.74) is 0.585. The number of hydrogen-bond donors (Lipinski definition) is 2. The minimum atomic E-state index is -0.330. The van der Waals surface area contributed by atoms with Crippen LogP contribution < -0.4 is 10.6 Å². The molecule has 2 N–H and O–H groups in total. The second-order valence-corrected chi connectivity index (χ2v) is 7.76. The van der Waals surface area contributed by atoms with Crippen LogP contribution in [0.1, 0.15) is 17.7 Å². The summed E-state index contributed by atoms with van der Waals surface area (Å²) in [4.78, 5) is 27.7. The number of benzene rings is 1. The van der Waals surface area contributed by atoms with Gasteiger partial charge in [0.1, 0.15) is 5.82 Å². The summed E-state index contributed by atoms with van der Waals surface area (Å²) in [7, 11) is 0. The molecular formula is C20H24FN3O2S. The van der Waals surface area contributed by atoms with E-state index in [-0.39, 0.29) is 30.1 Å². The molecule has 0 atom stereocenters. The number of rotatable bonds is 7. The number of nitrogens with one attached hydrogen (secondary N) is 2. The number of carbonyl (C=O) groups excluding carboxylic acids is 2. The number of piperidine rings is 1. The molecule has 0 bridgehead atoms. The number of thiophene rings is 1. The van der Waals surface area contributed by atoms with E-state index in [1.807, 2.05) is 16.3 Å². The number of carbonyl (C=O) groups is 2. The Kier molecular flexibility index (Phi) is 6.95. The molecule has 1 aliphatic heterocycles. The van der Waals surface area contributed by atoms with Crippen molar-refractivity contribution in [2.75, 3.05) is 31.5 Å². The van der Waals surface area contributed by atoms with Crippen LogP contribution in [0.3, 0.4) is 0 Å². The zero-order valence-corrected chi connectivity index (χ0v) is 15.9. The van der Waals surface area contributed by atoms with Crippen LogP contribution in [-0.4, -0.2) is 42.9 Å². The maximum atomic E-state index is 12.9. The molecule has 0 unspecified atom stereocenters. The first-order valence-electron chi connectivity index (χ1n) is 9.18. The summed E-state index contributed by atoms with van der Waals surface area (Å²) < 4.78 is 12.9. The van der Waals surface area contributed by atoms with Crippen molar-refractivity contribution in [1.82, 2.24) is 10.2 Å². The van der Waals surface area contributed by atoms with Gasteiger partial charge in [-0.2, -0.15) is 0 Å². The highest BCUT2D eigenvalue weighted by Crippen LogP contribution is 2.18. The fourth-order valence-electron chi connectivity index (χ4n) is 3.20. The Morgan fingerprint density at radius 1 is 1.15 bits per heavy atom. The van der Waals surface area contributed by atoms with Crippen molar-refractivity contribution in [1.29, 1.82) is 0 Å². The first-order chi connectivity index (χ1) is 13.1. The van der Waals surface area contributed by atoms with Crippen LogP contribution in [-0.2, 0) is 16.0 Å². The highest BCUT2D eigenvalue weighted by Gasteiger charge is 2.25. The van der Waals surface area contributed by atoms with E-state index in [0.717, 1.165) is 32.4 Å². The Hall–Kier alpha value is -2.25. The summed E-state index contributed by atoms with van der Waals surface area (Å²) in [5.74, 6) is -0.323. The Morgan fingerprint density at radius 2 is 1.89 bits per heavy atom. The van der Waals surface area contributed by atoms with Gasteiger partial charge in [0, 0.05) is 23.0 Å². The lowest BCUT2D eigenvalue weighted by Gasteiger charge is -2.30. The fraction of sp³-hybridized carbons (Fsp3) is 0.400. The molecule has 2 aromatic rings. The lowest BCUT2D eigenvalue weighted by atomic mass is 9.96. The highest BCUT2D eigenvalue weighted by atomic mass is 32.1. The Morgan fingerprint density at radius 3 is 2.56 bits per heavy atom. The largest absolute Gasteiger partial charge is 0.355 e. The Balaban J connectivity index is 1.34. The molecular weight excluding hydrogens is 365 g/mol. The van der Waals surface area contributed by atoms with Crippen LogP contribution in [0.5, 0.6) is 0 Å². The molecule has 5 nitrogen and oxygen atoms in total. The molecule has 1 saturated heterocycles.